The van der Waals surface area contributed by atoms with Crippen LogP contribution in [0.15, 0.2) is 22.7 Å². The maximum Gasteiger partial charge on any atom is 0.252 e. The van der Waals surface area contributed by atoms with Gasteiger partial charge in [0.2, 0.25) is 0 Å². The summed E-state index contributed by atoms with van der Waals surface area (Å²) in [4.78, 5) is 12.0. The first kappa shape index (κ1) is 14.5. The molecule has 0 heterocycles. The Kier molecular flexibility index (Phi) is 4.58. The largest absolute Gasteiger partial charge is 0.391 e. The molecule has 94 valence electrons. The summed E-state index contributed by atoms with van der Waals surface area (Å²) >= 11 is 9.09. The Morgan fingerprint density at radius 3 is 2.59 bits per heavy atom. The van der Waals surface area contributed by atoms with Crippen LogP contribution in [0.25, 0.3) is 0 Å². The zero-order chi connectivity index (χ0) is 13.2. The van der Waals surface area contributed by atoms with Crippen LogP contribution in [0.3, 0.4) is 0 Å². The van der Waals surface area contributed by atoms with Crippen molar-refractivity contribution >= 4 is 33.4 Å². The number of aliphatic hydroxyl groups is 1. The Balaban J connectivity index is 2.91. The van der Waals surface area contributed by atoms with Gasteiger partial charge in [0.05, 0.1) is 17.2 Å². The Morgan fingerprint density at radius 2 is 2.12 bits per heavy atom. The lowest BCUT2D eigenvalue weighted by molar-refractivity contribution is 0.0709. The molecule has 0 aliphatic carbocycles. The van der Waals surface area contributed by atoms with E-state index < -0.39 is 11.6 Å². The highest BCUT2D eigenvalue weighted by Gasteiger charge is 2.27. The molecule has 0 saturated carbocycles. The summed E-state index contributed by atoms with van der Waals surface area (Å²) in [6.07, 6.45) is -0.641. The highest BCUT2D eigenvalue weighted by Crippen LogP contribution is 2.22. The zero-order valence-electron chi connectivity index (χ0n) is 9.92. The molecule has 0 bridgehead atoms. The highest BCUT2D eigenvalue weighted by atomic mass is 79.9. The van der Waals surface area contributed by atoms with Crippen molar-refractivity contribution in [3.05, 3.63) is 33.3 Å². The molecule has 1 amide bonds. The van der Waals surface area contributed by atoms with Crippen LogP contribution in [-0.2, 0) is 0 Å². The van der Waals surface area contributed by atoms with E-state index in [4.69, 9.17) is 11.6 Å². The highest BCUT2D eigenvalue weighted by molar-refractivity contribution is 9.10. The van der Waals surface area contributed by atoms with Gasteiger partial charge >= 0.3 is 0 Å². The van der Waals surface area contributed by atoms with E-state index in [0.29, 0.717) is 15.1 Å². The molecule has 1 unspecified atom stereocenters. The van der Waals surface area contributed by atoms with E-state index in [0.717, 1.165) is 0 Å². The van der Waals surface area contributed by atoms with Gasteiger partial charge in [0.1, 0.15) is 0 Å². The molecule has 0 saturated heterocycles. The summed E-state index contributed by atoms with van der Waals surface area (Å²) in [5.74, 6) is -0.251. The molecule has 3 nitrogen and oxygen atoms in total. The summed E-state index contributed by atoms with van der Waals surface area (Å²) in [5.41, 5.74) is -0.195. The molecule has 5 heteroatoms. The second-order valence-electron chi connectivity index (χ2n) is 4.48. The van der Waals surface area contributed by atoms with Crippen LogP contribution < -0.4 is 5.32 Å². The van der Waals surface area contributed by atoms with Gasteiger partial charge in [0.15, 0.2) is 0 Å². The van der Waals surface area contributed by atoms with Gasteiger partial charge in [-0.25, -0.2) is 0 Å². The van der Waals surface area contributed by atoms with Crippen LogP contribution in [0.5, 0.6) is 0 Å². The van der Waals surface area contributed by atoms with Crippen LogP contribution in [0, 0.1) is 0 Å². The van der Waals surface area contributed by atoms with Crippen molar-refractivity contribution in [1.82, 2.24) is 5.32 Å². The van der Waals surface area contributed by atoms with Crippen molar-refractivity contribution in [3.63, 3.8) is 0 Å². The van der Waals surface area contributed by atoms with Crippen LogP contribution in [0.1, 0.15) is 31.1 Å². The SMILES string of the molecule is CC(O)C(C)(C)NC(=O)c1ccc(Cl)cc1Br. The van der Waals surface area contributed by atoms with Gasteiger partial charge in [-0.3, -0.25) is 4.79 Å². The fourth-order valence-electron chi connectivity index (χ4n) is 1.14. The molecule has 1 atom stereocenters. The van der Waals surface area contributed by atoms with Crippen molar-refractivity contribution in [2.75, 3.05) is 0 Å². The average Bonchev–Trinajstić information content (AvgIpc) is 2.15. The number of amides is 1. The van der Waals surface area contributed by atoms with E-state index in [9.17, 15) is 9.90 Å². The van der Waals surface area contributed by atoms with E-state index in [-0.39, 0.29) is 5.91 Å². The molecule has 2 N–H and O–H groups in total. The van der Waals surface area contributed by atoms with E-state index >= 15 is 0 Å². The fraction of sp³-hybridized carbons (Fsp3) is 0.417. The van der Waals surface area contributed by atoms with Gasteiger partial charge in [-0.2, -0.15) is 0 Å². The standard InChI is InChI=1S/C12H15BrClNO2/c1-7(16)12(2,3)15-11(17)9-5-4-8(14)6-10(9)13/h4-7,16H,1-3H3,(H,15,17). The number of benzene rings is 1. The topological polar surface area (TPSA) is 49.3 Å². The maximum absolute atomic E-state index is 12.0. The zero-order valence-corrected chi connectivity index (χ0v) is 12.3. The maximum atomic E-state index is 12.0. The molecule has 17 heavy (non-hydrogen) atoms. The molecular weight excluding hydrogens is 305 g/mol. The molecule has 0 spiro atoms. The van der Waals surface area contributed by atoms with Crippen molar-refractivity contribution in [2.24, 2.45) is 0 Å². The number of halogens is 2. The molecule has 1 aromatic carbocycles. The molecule has 0 fully saturated rings. The van der Waals surface area contributed by atoms with Gasteiger partial charge in [0.25, 0.3) is 5.91 Å². The first-order valence-electron chi connectivity index (χ1n) is 5.19. The second kappa shape index (κ2) is 5.38. The first-order chi connectivity index (χ1) is 7.74. The Labute approximate surface area is 114 Å². The quantitative estimate of drug-likeness (QED) is 0.899. The Hall–Kier alpha value is -0.580. The molecule has 0 aliphatic rings. The number of nitrogens with one attached hydrogen (secondary N) is 1. The summed E-state index contributed by atoms with van der Waals surface area (Å²) < 4.78 is 0.629. The minimum Gasteiger partial charge on any atom is -0.391 e. The summed E-state index contributed by atoms with van der Waals surface area (Å²) in [5, 5.41) is 12.9. The molecule has 1 rings (SSSR count). The fourth-order valence-corrected chi connectivity index (χ4v) is 2.00. The first-order valence-corrected chi connectivity index (χ1v) is 6.37. The molecular formula is C12H15BrClNO2. The average molecular weight is 321 g/mol. The van der Waals surface area contributed by atoms with E-state index in [1.165, 1.54) is 0 Å². The van der Waals surface area contributed by atoms with Crippen molar-refractivity contribution in [1.29, 1.82) is 0 Å². The van der Waals surface area contributed by atoms with Crippen molar-refractivity contribution in [3.8, 4) is 0 Å². The van der Waals surface area contributed by atoms with Gasteiger partial charge < -0.3 is 10.4 Å². The number of hydrogen-bond donors (Lipinski definition) is 2. The van der Waals surface area contributed by atoms with Crippen molar-refractivity contribution < 1.29 is 9.90 Å². The van der Waals surface area contributed by atoms with Crippen LogP contribution in [-0.4, -0.2) is 22.7 Å². The van der Waals surface area contributed by atoms with Gasteiger partial charge in [-0.05, 0) is 54.9 Å². The van der Waals surface area contributed by atoms with Gasteiger partial charge in [-0.15, -0.1) is 0 Å². The monoisotopic (exact) mass is 319 g/mol. The molecule has 0 aromatic heterocycles. The minimum atomic E-state index is -0.684. The van der Waals surface area contributed by atoms with Crippen LogP contribution >= 0.6 is 27.5 Å². The Morgan fingerprint density at radius 1 is 1.53 bits per heavy atom. The Bertz CT molecular complexity index is 433. The molecule has 1 aromatic rings. The smallest absolute Gasteiger partial charge is 0.252 e. The summed E-state index contributed by atoms with van der Waals surface area (Å²) in [6.45, 7) is 5.16. The van der Waals surface area contributed by atoms with E-state index in [1.807, 2.05) is 0 Å². The normalized spacial score (nSPS) is 13.3. The van der Waals surface area contributed by atoms with Crippen molar-refractivity contribution in [2.45, 2.75) is 32.4 Å². The third kappa shape index (κ3) is 3.69. The predicted octanol–water partition coefficient (Wildman–Crippen LogP) is 2.99. The number of carbonyl (C=O) groups is 1. The van der Waals surface area contributed by atoms with Crippen LogP contribution in [0.4, 0.5) is 0 Å². The predicted molar refractivity (Wildman–Crippen MR) is 72.4 cm³/mol. The second-order valence-corrected chi connectivity index (χ2v) is 5.77. The lowest BCUT2D eigenvalue weighted by Gasteiger charge is -2.29. The van der Waals surface area contributed by atoms with E-state index in [2.05, 4.69) is 21.2 Å². The molecule has 0 aliphatic heterocycles. The van der Waals surface area contributed by atoms with E-state index in [1.54, 1.807) is 39.0 Å². The lowest BCUT2D eigenvalue weighted by atomic mass is 9.98. The summed E-state index contributed by atoms with van der Waals surface area (Å²) in [6, 6.07) is 4.95. The number of rotatable bonds is 3. The third-order valence-corrected chi connectivity index (χ3v) is 3.55. The van der Waals surface area contributed by atoms with Gasteiger partial charge in [-0.1, -0.05) is 11.6 Å². The number of carbonyl (C=O) groups excluding carboxylic acids is 1. The third-order valence-electron chi connectivity index (χ3n) is 2.66. The lowest BCUT2D eigenvalue weighted by Crippen LogP contribution is -2.51. The van der Waals surface area contributed by atoms with Crippen LogP contribution in [0.2, 0.25) is 5.02 Å². The number of hydrogen-bond acceptors (Lipinski definition) is 2. The van der Waals surface area contributed by atoms with Gasteiger partial charge in [0, 0.05) is 9.50 Å². The number of aliphatic hydroxyl groups excluding tert-OH is 1. The summed E-state index contributed by atoms with van der Waals surface area (Å²) in [7, 11) is 0. The minimum absolute atomic E-state index is 0.251. The molecule has 0 radical (unpaired) electrons.